The number of nitrogens with two attached hydrogens (primary N) is 1. The molecule has 0 saturated heterocycles. The first kappa shape index (κ1) is 10.8. The van der Waals surface area contributed by atoms with Crippen molar-refractivity contribution in [2.24, 2.45) is 0 Å². The van der Waals surface area contributed by atoms with Crippen LogP contribution in [0, 0.1) is 0 Å². The Morgan fingerprint density at radius 3 is 2.73 bits per heavy atom. The Balaban J connectivity index is 0.000001000. The third kappa shape index (κ3) is 2.71. The average molecular weight is 241 g/mol. The van der Waals surface area contributed by atoms with Crippen molar-refractivity contribution < 1.29 is 0 Å². The molecule has 0 spiro atoms. The molecule has 0 aromatic carbocycles. The van der Waals surface area contributed by atoms with Crippen molar-refractivity contribution in [1.82, 2.24) is 9.78 Å². The molecule has 5 heteroatoms. The standard InChI is InChI=1S/C6H10BrN3.ClH/c1-2-3-10-4-5(8)6(7)9-10;/h4H,2-3,8H2,1H3;1H. The summed E-state index contributed by atoms with van der Waals surface area (Å²) < 4.78 is 2.57. The molecule has 0 atom stereocenters. The number of nitrogens with zero attached hydrogens (tertiary/aromatic N) is 2. The fourth-order valence-corrected chi connectivity index (χ4v) is 1.06. The summed E-state index contributed by atoms with van der Waals surface area (Å²) in [6.07, 6.45) is 2.90. The Morgan fingerprint density at radius 1 is 1.73 bits per heavy atom. The molecule has 64 valence electrons. The second kappa shape index (κ2) is 4.62. The Hall–Kier alpha value is -0.220. The number of halogens is 2. The molecular formula is C6H11BrClN3. The highest BCUT2D eigenvalue weighted by molar-refractivity contribution is 9.10. The lowest BCUT2D eigenvalue weighted by molar-refractivity contribution is 0.599. The van der Waals surface area contributed by atoms with E-state index in [1.807, 2.05) is 10.9 Å². The zero-order valence-corrected chi connectivity index (χ0v) is 8.65. The van der Waals surface area contributed by atoms with Gasteiger partial charge in [0.05, 0.1) is 5.69 Å². The van der Waals surface area contributed by atoms with Crippen LogP contribution in [0.15, 0.2) is 10.8 Å². The SMILES string of the molecule is CCCn1cc(N)c(Br)n1.Cl. The van der Waals surface area contributed by atoms with Crippen LogP contribution < -0.4 is 5.73 Å². The average Bonchev–Trinajstić information content (AvgIpc) is 2.14. The molecule has 1 aromatic rings. The maximum Gasteiger partial charge on any atom is 0.151 e. The Morgan fingerprint density at radius 2 is 2.36 bits per heavy atom. The number of anilines is 1. The van der Waals surface area contributed by atoms with Crippen LogP contribution >= 0.6 is 28.3 Å². The number of hydrogen-bond donors (Lipinski definition) is 1. The lowest BCUT2D eigenvalue weighted by Crippen LogP contribution is -1.95. The van der Waals surface area contributed by atoms with E-state index < -0.39 is 0 Å². The van der Waals surface area contributed by atoms with E-state index in [0.717, 1.165) is 17.6 Å². The Labute approximate surface area is 80.5 Å². The van der Waals surface area contributed by atoms with E-state index in [-0.39, 0.29) is 12.4 Å². The van der Waals surface area contributed by atoms with Crippen molar-refractivity contribution in [2.75, 3.05) is 5.73 Å². The van der Waals surface area contributed by atoms with Crippen LogP contribution in [0.3, 0.4) is 0 Å². The lowest BCUT2D eigenvalue weighted by Gasteiger charge is -1.93. The highest BCUT2D eigenvalue weighted by Crippen LogP contribution is 2.15. The second-order valence-corrected chi connectivity index (χ2v) is 2.89. The molecule has 0 aliphatic heterocycles. The Bertz CT molecular complexity index is 204. The molecule has 0 unspecified atom stereocenters. The first-order valence-corrected chi connectivity index (χ1v) is 4.01. The molecule has 11 heavy (non-hydrogen) atoms. The minimum Gasteiger partial charge on any atom is -0.395 e. The van der Waals surface area contributed by atoms with Gasteiger partial charge in [-0.25, -0.2) is 0 Å². The molecule has 2 N–H and O–H groups in total. The summed E-state index contributed by atoms with van der Waals surface area (Å²) in [5.74, 6) is 0. The van der Waals surface area contributed by atoms with Crippen molar-refractivity contribution in [2.45, 2.75) is 19.9 Å². The van der Waals surface area contributed by atoms with Crippen molar-refractivity contribution in [3.05, 3.63) is 10.8 Å². The van der Waals surface area contributed by atoms with Gasteiger partial charge in [-0.3, -0.25) is 4.68 Å². The van der Waals surface area contributed by atoms with Crippen molar-refractivity contribution in [3.8, 4) is 0 Å². The summed E-state index contributed by atoms with van der Waals surface area (Å²) in [6, 6.07) is 0. The van der Waals surface area contributed by atoms with E-state index in [1.165, 1.54) is 0 Å². The molecule has 0 saturated carbocycles. The molecule has 0 amide bonds. The minimum absolute atomic E-state index is 0. The van der Waals surface area contributed by atoms with E-state index in [2.05, 4.69) is 28.0 Å². The summed E-state index contributed by atoms with van der Waals surface area (Å²) in [4.78, 5) is 0. The van der Waals surface area contributed by atoms with Gasteiger partial charge in [0.15, 0.2) is 4.60 Å². The van der Waals surface area contributed by atoms with Gasteiger partial charge in [-0.2, -0.15) is 5.10 Å². The molecule has 0 radical (unpaired) electrons. The van der Waals surface area contributed by atoms with E-state index in [9.17, 15) is 0 Å². The van der Waals surface area contributed by atoms with Crippen LogP contribution in [-0.4, -0.2) is 9.78 Å². The first-order chi connectivity index (χ1) is 4.74. The smallest absolute Gasteiger partial charge is 0.151 e. The van der Waals surface area contributed by atoms with E-state index >= 15 is 0 Å². The maximum atomic E-state index is 5.54. The van der Waals surface area contributed by atoms with Crippen LogP contribution in [0.5, 0.6) is 0 Å². The molecule has 0 aliphatic rings. The number of aryl methyl sites for hydroxylation is 1. The number of hydrogen-bond acceptors (Lipinski definition) is 2. The highest BCUT2D eigenvalue weighted by Gasteiger charge is 1.99. The van der Waals surface area contributed by atoms with E-state index in [1.54, 1.807) is 0 Å². The van der Waals surface area contributed by atoms with Gasteiger partial charge in [0.1, 0.15) is 0 Å². The first-order valence-electron chi connectivity index (χ1n) is 3.22. The zero-order valence-electron chi connectivity index (χ0n) is 6.25. The van der Waals surface area contributed by atoms with Crippen molar-refractivity contribution in [3.63, 3.8) is 0 Å². The predicted octanol–water partition coefficient (Wildman–Crippen LogP) is 2.06. The normalized spacial score (nSPS) is 9.27. The van der Waals surface area contributed by atoms with Crippen LogP contribution in [0.1, 0.15) is 13.3 Å². The minimum atomic E-state index is 0. The van der Waals surface area contributed by atoms with Crippen LogP contribution in [0.25, 0.3) is 0 Å². The molecule has 0 fully saturated rings. The van der Waals surface area contributed by atoms with Crippen LogP contribution in [-0.2, 0) is 6.54 Å². The fraction of sp³-hybridized carbons (Fsp3) is 0.500. The summed E-state index contributed by atoms with van der Waals surface area (Å²) in [7, 11) is 0. The van der Waals surface area contributed by atoms with Gasteiger partial charge in [-0.1, -0.05) is 6.92 Å². The number of rotatable bonds is 2. The molecule has 1 rings (SSSR count). The highest BCUT2D eigenvalue weighted by atomic mass is 79.9. The van der Waals surface area contributed by atoms with Gasteiger partial charge in [0.2, 0.25) is 0 Å². The monoisotopic (exact) mass is 239 g/mol. The molecule has 0 aliphatic carbocycles. The maximum absolute atomic E-state index is 5.54. The molecular weight excluding hydrogens is 229 g/mol. The number of nitrogen functional groups attached to an aromatic ring is 1. The molecule has 1 aromatic heterocycles. The van der Waals surface area contributed by atoms with Crippen LogP contribution in [0.4, 0.5) is 5.69 Å². The predicted molar refractivity (Wildman–Crippen MR) is 51.9 cm³/mol. The number of aromatic nitrogens is 2. The zero-order chi connectivity index (χ0) is 7.56. The third-order valence-corrected chi connectivity index (χ3v) is 1.81. The van der Waals surface area contributed by atoms with Crippen molar-refractivity contribution in [1.29, 1.82) is 0 Å². The second-order valence-electron chi connectivity index (χ2n) is 2.14. The van der Waals surface area contributed by atoms with Gasteiger partial charge in [-0.15, -0.1) is 12.4 Å². The fourth-order valence-electron chi connectivity index (χ4n) is 0.757. The van der Waals surface area contributed by atoms with Gasteiger partial charge in [-0.05, 0) is 22.4 Å². The van der Waals surface area contributed by atoms with Gasteiger partial charge in [0.25, 0.3) is 0 Å². The van der Waals surface area contributed by atoms with Gasteiger partial charge >= 0.3 is 0 Å². The van der Waals surface area contributed by atoms with Crippen LogP contribution in [0.2, 0.25) is 0 Å². The summed E-state index contributed by atoms with van der Waals surface area (Å²) in [6.45, 7) is 3.03. The van der Waals surface area contributed by atoms with Gasteiger partial charge in [0, 0.05) is 12.7 Å². The summed E-state index contributed by atoms with van der Waals surface area (Å²) in [5, 5.41) is 4.11. The lowest BCUT2D eigenvalue weighted by atomic mass is 10.5. The van der Waals surface area contributed by atoms with Gasteiger partial charge < -0.3 is 5.73 Å². The Kier molecular flexibility index (Phi) is 4.52. The summed E-state index contributed by atoms with van der Waals surface area (Å²) >= 11 is 3.23. The van der Waals surface area contributed by atoms with E-state index in [0.29, 0.717) is 5.69 Å². The summed E-state index contributed by atoms with van der Waals surface area (Å²) in [5.41, 5.74) is 6.24. The largest absolute Gasteiger partial charge is 0.395 e. The van der Waals surface area contributed by atoms with E-state index in [4.69, 9.17) is 5.73 Å². The quantitative estimate of drug-likeness (QED) is 0.860. The topological polar surface area (TPSA) is 43.8 Å². The molecule has 3 nitrogen and oxygen atoms in total. The van der Waals surface area contributed by atoms with Crippen molar-refractivity contribution >= 4 is 34.0 Å². The molecule has 0 bridgehead atoms. The molecule has 1 heterocycles. The third-order valence-electron chi connectivity index (χ3n) is 1.20.